The highest BCUT2D eigenvalue weighted by atomic mass is 16.7. The predicted molar refractivity (Wildman–Crippen MR) is 125 cm³/mol. The fourth-order valence-electron chi connectivity index (χ4n) is 8.35. The lowest BCUT2D eigenvalue weighted by molar-refractivity contribution is -0.256. The minimum atomic E-state index is -0.757. The summed E-state index contributed by atoms with van der Waals surface area (Å²) in [6.07, 6.45) is 4.00. The van der Waals surface area contributed by atoms with Crippen molar-refractivity contribution in [2.45, 2.75) is 56.7 Å². The molecule has 0 N–H and O–H groups in total. The fourth-order valence-corrected chi connectivity index (χ4v) is 8.35. The number of allylic oxidation sites excluding steroid dienone is 1. The molecule has 1 spiro atoms. The van der Waals surface area contributed by atoms with Crippen LogP contribution < -0.4 is 0 Å². The average molecular weight is 489 g/mol. The summed E-state index contributed by atoms with van der Waals surface area (Å²) in [5, 5.41) is 9.24. The zero-order chi connectivity index (χ0) is 24.4. The number of hydrogen-bond donors (Lipinski definition) is 0. The summed E-state index contributed by atoms with van der Waals surface area (Å²) in [6.45, 7) is 5.56. The van der Waals surface area contributed by atoms with Crippen molar-refractivity contribution in [3.05, 3.63) is 70.6 Å². The van der Waals surface area contributed by atoms with Crippen molar-refractivity contribution in [1.82, 2.24) is 19.9 Å². The monoisotopic (exact) mass is 488 g/mol. The SMILES string of the molecule is COC1=C(C)C(=O)O/C1=C1\O[C@@]23O[C@H]4C[C@@H]([C@H]2[C@@H]1C)N1CC[C@H]3[C@@]41c1cn(Cc2ccccc2)nn1. The van der Waals surface area contributed by atoms with Crippen molar-refractivity contribution < 1.29 is 23.7 Å². The maximum atomic E-state index is 12.4. The van der Waals surface area contributed by atoms with E-state index in [4.69, 9.17) is 24.0 Å². The van der Waals surface area contributed by atoms with Gasteiger partial charge in [-0.25, -0.2) is 9.48 Å². The highest BCUT2D eigenvalue weighted by molar-refractivity contribution is 5.93. The van der Waals surface area contributed by atoms with Gasteiger partial charge in [-0.3, -0.25) is 4.90 Å². The summed E-state index contributed by atoms with van der Waals surface area (Å²) in [4.78, 5) is 15.0. The molecule has 9 nitrogen and oxygen atoms in total. The first-order valence-electron chi connectivity index (χ1n) is 12.8. The van der Waals surface area contributed by atoms with E-state index < -0.39 is 5.79 Å². The number of esters is 1. The normalized spacial score (nSPS) is 43.4. The predicted octanol–water partition coefficient (Wildman–Crippen LogP) is 2.70. The summed E-state index contributed by atoms with van der Waals surface area (Å²) in [5.41, 5.74) is 2.30. The van der Waals surface area contributed by atoms with Crippen LogP contribution in [0.4, 0.5) is 0 Å². The number of benzene rings is 1. The Balaban J connectivity index is 1.20. The van der Waals surface area contributed by atoms with E-state index in [2.05, 4.69) is 35.4 Å². The summed E-state index contributed by atoms with van der Waals surface area (Å²) in [7, 11) is 1.56. The minimum Gasteiger partial charge on any atom is -0.492 e. The maximum absolute atomic E-state index is 12.4. The lowest BCUT2D eigenvalue weighted by Gasteiger charge is -2.47. The Kier molecular flexibility index (Phi) is 3.95. The van der Waals surface area contributed by atoms with Gasteiger partial charge in [-0.1, -0.05) is 42.5 Å². The largest absolute Gasteiger partial charge is 0.492 e. The molecule has 8 atom stereocenters. The number of hydrogen-bond acceptors (Lipinski definition) is 8. The fraction of sp³-hybridized carbons (Fsp3) is 0.519. The summed E-state index contributed by atoms with van der Waals surface area (Å²) >= 11 is 0. The van der Waals surface area contributed by atoms with Gasteiger partial charge in [0, 0.05) is 18.5 Å². The van der Waals surface area contributed by atoms with Gasteiger partial charge in [0.25, 0.3) is 0 Å². The Morgan fingerprint density at radius 3 is 2.89 bits per heavy atom. The van der Waals surface area contributed by atoms with E-state index in [-0.39, 0.29) is 35.4 Å². The molecular formula is C27H28N4O5. The van der Waals surface area contributed by atoms with Crippen molar-refractivity contribution in [3.8, 4) is 0 Å². The van der Waals surface area contributed by atoms with E-state index in [0.29, 0.717) is 35.4 Å². The Hall–Kier alpha value is -3.17. The quantitative estimate of drug-likeness (QED) is 0.607. The number of carbonyl (C=O) groups excluding carboxylic acids is 1. The molecule has 36 heavy (non-hydrogen) atoms. The first-order valence-corrected chi connectivity index (χ1v) is 12.8. The molecule has 1 aromatic heterocycles. The van der Waals surface area contributed by atoms with Crippen molar-refractivity contribution in [2.75, 3.05) is 13.7 Å². The van der Waals surface area contributed by atoms with Gasteiger partial charge in [0.15, 0.2) is 5.76 Å². The van der Waals surface area contributed by atoms with Gasteiger partial charge in [0.2, 0.25) is 11.5 Å². The van der Waals surface area contributed by atoms with E-state index in [9.17, 15) is 4.79 Å². The van der Waals surface area contributed by atoms with E-state index >= 15 is 0 Å². The molecule has 0 saturated carbocycles. The first-order chi connectivity index (χ1) is 17.5. The number of fused-ring (bicyclic) bond motifs is 1. The van der Waals surface area contributed by atoms with Crippen LogP contribution in [0.3, 0.4) is 0 Å². The molecule has 5 fully saturated rings. The van der Waals surface area contributed by atoms with Gasteiger partial charge >= 0.3 is 5.97 Å². The molecule has 5 bridgehead atoms. The zero-order valence-electron chi connectivity index (χ0n) is 20.5. The van der Waals surface area contributed by atoms with Crippen LogP contribution in [-0.4, -0.2) is 57.5 Å². The van der Waals surface area contributed by atoms with Crippen LogP contribution in [0.1, 0.15) is 37.9 Å². The molecule has 1 unspecified atom stereocenters. The van der Waals surface area contributed by atoms with Crippen LogP contribution >= 0.6 is 0 Å². The average Bonchev–Trinajstić information content (AvgIpc) is 3.67. The number of nitrogens with zero attached hydrogens (tertiary/aromatic N) is 4. The molecule has 2 aromatic rings. The summed E-state index contributed by atoms with van der Waals surface area (Å²) < 4.78 is 26.9. The van der Waals surface area contributed by atoms with Gasteiger partial charge in [-0.15, -0.1) is 5.10 Å². The van der Waals surface area contributed by atoms with Crippen molar-refractivity contribution >= 4 is 5.97 Å². The van der Waals surface area contributed by atoms with Crippen molar-refractivity contribution in [3.63, 3.8) is 0 Å². The summed E-state index contributed by atoms with van der Waals surface area (Å²) in [6, 6.07) is 10.6. The van der Waals surface area contributed by atoms with E-state index in [1.54, 1.807) is 14.0 Å². The molecule has 5 saturated heterocycles. The molecule has 6 aliphatic heterocycles. The first kappa shape index (κ1) is 21.0. The second kappa shape index (κ2) is 6.77. The van der Waals surface area contributed by atoms with Crippen molar-refractivity contribution in [1.29, 1.82) is 0 Å². The molecule has 0 aliphatic carbocycles. The van der Waals surface area contributed by atoms with E-state index in [1.807, 2.05) is 22.9 Å². The molecule has 186 valence electrons. The number of cyclic esters (lactones) is 1. The van der Waals surface area contributed by atoms with Gasteiger partial charge in [0.05, 0.1) is 43.4 Å². The van der Waals surface area contributed by atoms with Crippen molar-refractivity contribution in [2.24, 2.45) is 17.8 Å². The number of methoxy groups -OCH3 is 1. The highest BCUT2D eigenvalue weighted by Crippen LogP contribution is 2.74. The van der Waals surface area contributed by atoms with E-state index in [0.717, 1.165) is 25.1 Å². The second-order valence-electron chi connectivity index (χ2n) is 10.9. The van der Waals surface area contributed by atoms with Gasteiger partial charge in [-0.2, -0.15) is 0 Å². The number of carbonyl (C=O) groups is 1. The zero-order valence-corrected chi connectivity index (χ0v) is 20.5. The molecule has 7 heterocycles. The third-order valence-corrected chi connectivity index (χ3v) is 9.54. The van der Waals surface area contributed by atoms with Crippen LogP contribution in [0.5, 0.6) is 0 Å². The number of aromatic nitrogens is 3. The Morgan fingerprint density at radius 2 is 2.08 bits per heavy atom. The maximum Gasteiger partial charge on any atom is 0.343 e. The standard InChI is InChI=1S/C27H28N4O5/c1-14-21-17-11-20-26(19-13-30(29-28-19)12-16-7-5-4-6-8-16)18(9-10-31(17)26)27(21,35-20)36-23(14)24-22(33-3)15(2)25(32)34-24/h4-8,13-14,17-18,20-21H,9-12H2,1-3H3/b24-23-/t14-,17-,18-,20-,21+,26+,27+/m0/s1. The Bertz CT molecular complexity index is 1370. The third kappa shape index (κ3) is 2.23. The molecule has 9 heteroatoms. The van der Waals surface area contributed by atoms with Gasteiger partial charge < -0.3 is 18.9 Å². The van der Waals surface area contributed by atoms with Crippen LogP contribution in [0.15, 0.2) is 59.4 Å². The number of ether oxygens (including phenoxy) is 4. The van der Waals surface area contributed by atoms with Gasteiger partial charge in [0.1, 0.15) is 17.0 Å². The summed E-state index contributed by atoms with van der Waals surface area (Å²) in [5.74, 6) is 0.701. The van der Waals surface area contributed by atoms with Crippen LogP contribution in [-0.2, 0) is 35.8 Å². The molecule has 6 aliphatic rings. The van der Waals surface area contributed by atoms with Crippen LogP contribution in [0.25, 0.3) is 0 Å². The Labute approximate surface area is 208 Å². The Morgan fingerprint density at radius 1 is 1.25 bits per heavy atom. The third-order valence-electron chi connectivity index (χ3n) is 9.54. The smallest absolute Gasteiger partial charge is 0.343 e. The molecule has 8 rings (SSSR count). The second-order valence-corrected chi connectivity index (χ2v) is 10.9. The topological polar surface area (TPSA) is 87.9 Å². The lowest BCUT2D eigenvalue weighted by atomic mass is 9.70. The van der Waals surface area contributed by atoms with E-state index in [1.165, 1.54) is 5.56 Å². The number of rotatable bonds is 4. The minimum absolute atomic E-state index is 0.00465. The number of piperidine rings is 1. The molecule has 1 aromatic carbocycles. The molecule has 0 amide bonds. The van der Waals surface area contributed by atoms with Crippen LogP contribution in [0.2, 0.25) is 0 Å². The highest BCUT2D eigenvalue weighted by Gasteiger charge is 2.85. The lowest BCUT2D eigenvalue weighted by Crippen LogP contribution is -2.60. The van der Waals surface area contributed by atoms with Crippen LogP contribution in [0, 0.1) is 17.8 Å². The molecule has 0 radical (unpaired) electrons. The molecular weight excluding hydrogens is 460 g/mol. The van der Waals surface area contributed by atoms with Gasteiger partial charge in [-0.05, 0) is 25.3 Å².